The van der Waals surface area contributed by atoms with Crippen molar-refractivity contribution in [3.8, 4) is 22.3 Å². The zero-order chi connectivity index (χ0) is 31.9. The van der Waals surface area contributed by atoms with Gasteiger partial charge in [0.15, 0.2) is 0 Å². The second-order valence-electron chi connectivity index (χ2n) is 15.4. The average molecular weight is 741 g/mol. The van der Waals surface area contributed by atoms with E-state index in [2.05, 4.69) is 142 Å². The Hall–Kier alpha value is -2.18. The summed E-state index contributed by atoms with van der Waals surface area (Å²) in [7, 11) is 0. The molecule has 0 spiro atoms. The summed E-state index contributed by atoms with van der Waals surface area (Å²) in [6.45, 7) is 23.8. The molecule has 0 aromatic heterocycles. The maximum absolute atomic E-state index is 2.89. The van der Waals surface area contributed by atoms with Gasteiger partial charge >= 0.3 is 279 Å². The SMILES string of the molecule is Cc1cccc(-c2c(C)cc(C)c3c2C=C(C(C)C)[CH]3[Zr+2]2([CH]3C(C(C)C)=Cc4c(-c5cccc(C)c5)c(C)cc(C)c43)[CH2][CH2]2)c1.[Cl-].[Cl-]. The van der Waals surface area contributed by atoms with Crippen molar-refractivity contribution in [1.82, 2.24) is 0 Å². The van der Waals surface area contributed by atoms with E-state index in [4.69, 9.17) is 0 Å². The third kappa shape index (κ3) is 5.81. The van der Waals surface area contributed by atoms with Crippen LogP contribution in [-0.2, 0) is 20.3 Å². The Kier molecular flexibility index (Phi) is 10.2. The quantitative estimate of drug-likeness (QED) is 0.205. The van der Waals surface area contributed by atoms with E-state index in [1.807, 2.05) is 0 Å². The fourth-order valence-electron chi connectivity index (χ4n) is 9.46. The first-order valence-corrected chi connectivity index (χ1v) is 23.6. The summed E-state index contributed by atoms with van der Waals surface area (Å²) in [5, 5.41) is 0. The molecule has 7 rings (SSSR count). The van der Waals surface area contributed by atoms with Gasteiger partial charge in [0.1, 0.15) is 0 Å². The van der Waals surface area contributed by atoms with Gasteiger partial charge < -0.3 is 24.8 Å². The van der Waals surface area contributed by atoms with Gasteiger partial charge in [-0.3, -0.25) is 0 Å². The van der Waals surface area contributed by atoms with Crippen molar-refractivity contribution < 1.29 is 45.1 Å². The first kappa shape index (κ1) is 36.1. The normalized spacial score (nSPS) is 18.0. The molecule has 0 bridgehead atoms. The summed E-state index contributed by atoms with van der Waals surface area (Å²) in [5.74, 6) is 1.10. The predicted octanol–water partition coefficient (Wildman–Crippen LogP) is 6.77. The number of fused-ring (bicyclic) bond motifs is 2. The Morgan fingerprint density at radius 2 is 0.915 bits per heavy atom. The fourth-order valence-corrected chi connectivity index (χ4v) is 28.0. The van der Waals surface area contributed by atoms with Gasteiger partial charge in [-0.25, -0.2) is 0 Å². The van der Waals surface area contributed by atoms with Crippen molar-refractivity contribution >= 4 is 12.2 Å². The Balaban J connectivity index is 0.00000217. The third-order valence-electron chi connectivity index (χ3n) is 11.4. The van der Waals surface area contributed by atoms with E-state index in [9.17, 15) is 0 Å². The van der Waals surface area contributed by atoms with Crippen LogP contribution in [0.2, 0.25) is 8.26 Å². The zero-order valence-corrected chi connectivity index (χ0v) is 33.9. The molecule has 1 fully saturated rings. The molecule has 1 aliphatic heterocycles. The molecule has 0 saturated carbocycles. The zero-order valence-electron chi connectivity index (χ0n) is 29.9. The van der Waals surface area contributed by atoms with Crippen LogP contribution in [0, 0.1) is 53.4 Å². The van der Waals surface area contributed by atoms with E-state index in [-0.39, 0.29) is 24.8 Å². The van der Waals surface area contributed by atoms with E-state index < -0.39 is 20.3 Å². The molecule has 1 saturated heterocycles. The summed E-state index contributed by atoms with van der Waals surface area (Å²) >= 11 is -2.89. The number of rotatable bonds is 6. The van der Waals surface area contributed by atoms with Gasteiger partial charge in [0, 0.05) is 0 Å². The maximum atomic E-state index is 2.69. The average Bonchev–Trinajstić information content (AvgIpc) is 3.47. The van der Waals surface area contributed by atoms with Crippen LogP contribution in [0.15, 0.2) is 71.8 Å². The van der Waals surface area contributed by atoms with Gasteiger partial charge in [0.05, 0.1) is 0 Å². The molecule has 0 radical (unpaired) electrons. The van der Waals surface area contributed by atoms with Crippen LogP contribution in [0.1, 0.15) is 90.6 Å². The predicted molar refractivity (Wildman–Crippen MR) is 193 cm³/mol. The number of halogens is 2. The van der Waals surface area contributed by atoms with Crippen LogP contribution in [-0.4, -0.2) is 0 Å². The van der Waals surface area contributed by atoms with Crippen molar-refractivity contribution in [3.63, 3.8) is 0 Å². The van der Waals surface area contributed by atoms with Gasteiger partial charge in [0.2, 0.25) is 0 Å². The third-order valence-corrected chi connectivity index (χ3v) is 24.2. The van der Waals surface area contributed by atoms with Crippen molar-refractivity contribution in [1.29, 1.82) is 0 Å². The largest absolute Gasteiger partial charge is 1.00 e. The monoisotopic (exact) mass is 738 g/mol. The molecule has 3 aliphatic rings. The summed E-state index contributed by atoms with van der Waals surface area (Å²) in [6.07, 6.45) is 5.38. The van der Waals surface area contributed by atoms with Crippen LogP contribution in [0.25, 0.3) is 34.4 Å². The van der Waals surface area contributed by atoms with Crippen LogP contribution >= 0.6 is 0 Å². The van der Waals surface area contributed by atoms with Crippen molar-refractivity contribution in [3.05, 3.63) is 127 Å². The molecule has 2 atom stereocenters. The summed E-state index contributed by atoms with van der Waals surface area (Å²) < 4.78 is 4.30. The number of allylic oxidation sites excluding steroid dienone is 2. The molecule has 4 aromatic carbocycles. The summed E-state index contributed by atoms with van der Waals surface area (Å²) in [4.78, 5) is 0. The minimum atomic E-state index is -2.89. The first-order chi connectivity index (χ1) is 21.4. The molecule has 47 heavy (non-hydrogen) atoms. The molecular formula is C44H50Cl2Zr. The maximum Gasteiger partial charge on any atom is -1.00 e. The van der Waals surface area contributed by atoms with E-state index in [0.29, 0.717) is 19.1 Å². The van der Waals surface area contributed by atoms with Gasteiger partial charge in [-0.05, 0) is 0 Å². The molecule has 1 heterocycles. The molecule has 2 unspecified atom stereocenters. The molecule has 4 aromatic rings. The number of aryl methyl sites for hydroxylation is 6. The van der Waals surface area contributed by atoms with Crippen molar-refractivity contribution in [2.24, 2.45) is 11.8 Å². The Bertz CT molecular complexity index is 1800. The topological polar surface area (TPSA) is 0 Å². The molecule has 2 aliphatic carbocycles. The molecular weight excluding hydrogens is 691 g/mol. The second-order valence-corrected chi connectivity index (χ2v) is 26.7. The van der Waals surface area contributed by atoms with Gasteiger partial charge in [0.25, 0.3) is 0 Å². The summed E-state index contributed by atoms with van der Waals surface area (Å²) in [6, 6.07) is 23.5. The Morgan fingerprint density at radius 1 is 0.532 bits per heavy atom. The minimum Gasteiger partial charge on any atom is -1.00 e. The molecule has 0 N–H and O–H groups in total. The van der Waals surface area contributed by atoms with Gasteiger partial charge in [-0.1, -0.05) is 0 Å². The second kappa shape index (κ2) is 13.3. The number of benzene rings is 4. The Morgan fingerprint density at radius 3 is 1.23 bits per heavy atom. The molecule has 244 valence electrons. The summed E-state index contributed by atoms with van der Waals surface area (Å²) in [5.41, 5.74) is 24.2. The standard InChI is InChI=1S/2C21H23.C2H4.2ClH.Zr/c2*1-13(2)18-11-19-15(4)10-16(5)21(20(19)12-18)17-8-6-7-14(3)9-17;1-2;;;/h2*6-13H,1-5H3;1-2H2;2*1H;/q;;;;;+2/p-2. The van der Waals surface area contributed by atoms with E-state index in [1.165, 1.54) is 63.9 Å². The van der Waals surface area contributed by atoms with E-state index in [0.717, 1.165) is 0 Å². The van der Waals surface area contributed by atoms with Crippen molar-refractivity contribution in [2.45, 2.75) is 84.7 Å². The van der Waals surface area contributed by atoms with E-state index >= 15 is 0 Å². The smallest absolute Gasteiger partial charge is 1.00 e. The van der Waals surface area contributed by atoms with E-state index in [1.54, 1.807) is 33.4 Å². The molecule has 3 heteroatoms. The van der Waals surface area contributed by atoms with Crippen LogP contribution < -0.4 is 24.8 Å². The molecule has 0 amide bonds. The number of hydrogen-bond acceptors (Lipinski definition) is 0. The molecule has 0 nitrogen and oxygen atoms in total. The van der Waals surface area contributed by atoms with Crippen LogP contribution in [0.3, 0.4) is 0 Å². The Labute approximate surface area is 301 Å². The fraction of sp³-hybridized carbons (Fsp3) is 0.364. The van der Waals surface area contributed by atoms with Crippen LogP contribution in [0.5, 0.6) is 0 Å². The van der Waals surface area contributed by atoms with Crippen molar-refractivity contribution in [2.75, 3.05) is 0 Å². The van der Waals surface area contributed by atoms with Gasteiger partial charge in [-0.2, -0.15) is 0 Å². The first-order valence-electron chi connectivity index (χ1n) is 17.3. The van der Waals surface area contributed by atoms with Gasteiger partial charge in [-0.15, -0.1) is 0 Å². The minimum absolute atomic E-state index is 0. The number of hydrogen-bond donors (Lipinski definition) is 0. The van der Waals surface area contributed by atoms with Crippen LogP contribution in [0.4, 0.5) is 0 Å².